The van der Waals surface area contributed by atoms with Crippen LogP contribution < -0.4 is 15.4 Å². The summed E-state index contributed by atoms with van der Waals surface area (Å²) < 4.78 is 30.9. The summed E-state index contributed by atoms with van der Waals surface area (Å²) in [5.74, 6) is -0.979. The Kier molecular flexibility index (Phi) is 4.65. The lowest BCUT2D eigenvalue weighted by molar-refractivity contribution is -0.124. The Morgan fingerprint density at radius 1 is 1.10 bits per heavy atom. The van der Waals surface area contributed by atoms with Crippen molar-refractivity contribution in [2.75, 3.05) is 19.8 Å². The molecule has 1 saturated heterocycles. The Balaban J connectivity index is 1.63. The van der Waals surface area contributed by atoms with E-state index in [2.05, 4.69) is 10.6 Å². The summed E-state index contributed by atoms with van der Waals surface area (Å²) in [5.41, 5.74) is -0.0596. The fraction of sp³-hybridized carbons (Fsp3) is 0.250. The topological polar surface area (TPSA) is 87.7 Å². The van der Waals surface area contributed by atoms with Gasteiger partial charge >= 0.3 is 6.03 Å². The van der Waals surface area contributed by atoms with Crippen LogP contribution in [0.2, 0.25) is 0 Å². The maximum Gasteiger partial charge on any atom is 0.322 e. The smallest absolute Gasteiger partial charge is 0.322 e. The molecule has 2 heterocycles. The van der Waals surface area contributed by atoms with Crippen LogP contribution in [0, 0.1) is 5.82 Å². The SMILES string of the molecule is O=C1NC(=O)[C@](CN2Cc3cc(OCCF)ccc3C2=O)(c2ccc(F)cc2)N1. The number of amides is 4. The van der Waals surface area contributed by atoms with Gasteiger partial charge in [0.25, 0.3) is 11.8 Å². The first-order valence-corrected chi connectivity index (χ1v) is 8.93. The molecule has 2 N–H and O–H groups in total. The zero-order valence-corrected chi connectivity index (χ0v) is 15.2. The Labute approximate surface area is 164 Å². The highest BCUT2D eigenvalue weighted by atomic mass is 19.1. The van der Waals surface area contributed by atoms with Crippen LogP contribution in [-0.4, -0.2) is 42.6 Å². The minimum Gasteiger partial charge on any atom is -0.491 e. The van der Waals surface area contributed by atoms with E-state index in [-0.39, 0.29) is 25.6 Å². The van der Waals surface area contributed by atoms with Gasteiger partial charge in [-0.1, -0.05) is 12.1 Å². The number of nitrogens with one attached hydrogen (secondary N) is 2. The van der Waals surface area contributed by atoms with Crippen molar-refractivity contribution in [1.29, 1.82) is 0 Å². The number of imide groups is 1. The summed E-state index contributed by atoms with van der Waals surface area (Å²) in [6, 6.07) is 9.30. The van der Waals surface area contributed by atoms with Gasteiger partial charge in [-0.15, -0.1) is 0 Å². The zero-order chi connectivity index (χ0) is 20.6. The maximum atomic E-state index is 13.4. The number of carbonyl (C=O) groups excluding carboxylic acids is 3. The molecule has 150 valence electrons. The predicted molar refractivity (Wildman–Crippen MR) is 97.4 cm³/mol. The number of ether oxygens (including phenoxy) is 1. The van der Waals surface area contributed by atoms with Crippen LogP contribution in [0.15, 0.2) is 42.5 Å². The van der Waals surface area contributed by atoms with Gasteiger partial charge in [0.15, 0.2) is 5.54 Å². The minimum absolute atomic E-state index is 0.0870. The van der Waals surface area contributed by atoms with E-state index in [4.69, 9.17) is 4.74 Å². The summed E-state index contributed by atoms with van der Waals surface area (Å²) in [6.07, 6.45) is 0. The highest BCUT2D eigenvalue weighted by Crippen LogP contribution is 2.32. The molecular weight excluding hydrogens is 384 g/mol. The largest absolute Gasteiger partial charge is 0.491 e. The molecule has 2 aliphatic rings. The summed E-state index contributed by atoms with van der Waals surface area (Å²) in [5, 5.41) is 4.77. The van der Waals surface area contributed by atoms with Gasteiger partial charge in [0.05, 0.1) is 6.54 Å². The number of carbonyl (C=O) groups is 3. The van der Waals surface area contributed by atoms with Crippen molar-refractivity contribution >= 4 is 17.8 Å². The number of hydrogen-bond acceptors (Lipinski definition) is 4. The van der Waals surface area contributed by atoms with E-state index in [0.29, 0.717) is 22.4 Å². The molecule has 7 nitrogen and oxygen atoms in total. The second-order valence-corrected chi connectivity index (χ2v) is 6.84. The molecule has 0 saturated carbocycles. The first-order chi connectivity index (χ1) is 13.9. The number of rotatable bonds is 6. The molecule has 2 aromatic carbocycles. The molecular formula is C20H17F2N3O4. The second kappa shape index (κ2) is 7.16. The normalized spacial score (nSPS) is 20.5. The van der Waals surface area contributed by atoms with E-state index in [9.17, 15) is 23.2 Å². The van der Waals surface area contributed by atoms with Crippen molar-refractivity contribution in [2.45, 2.75) is 12.1 Å². The molecule has 9 heteroatoms. The van der Waals surface area contributed by atoms with Gasteiger partial charge in [-0.3, -0.25) is 14.9 Å². The number of benzene rings is 2. The van der Waals surface area contributed by atoms with Gasteiger partial charge in [0.1, 0.15) is 24.8 Å². The average molecular weight is 401 g/mol. The molecule has 1 atom stereocenters. The summed E-state index contributed by atoms with van der Waals surface area (Å²) in [6.45, 7) is -0.662. The second-order valence-electron chi connectivity index (χ2n) is 6.84. The van der Waals surface area contributed by atoms with Crippen molar-refractivity contribution in [1.82, 2.24) is 15.5 Å². The van der Waals surface area contributed by atoms with Crippen molar-refractivity contribution in [3.8, 4) is 5.75 Å². The zero-order valence-electron chi connectivity index (χ0n) is 15.2. The van der Waals surface area contributed by atoms with Crippen LogP contribution in [-0.2, 0) is 16.9 Å². The van der Waals surface area contributed by atoms with E-state index < -0.39 is 30.0 Å². The summed E-state index contributed by atoms with van der Waals surface area (Å²) in [4.78, 5) is 38.8. The Hall–Kier alpha value is -3.49. The first kappa shape index (κ1) is 18.9. The van der Waals surface area contributed by atoms with Gasteiger partial charge in [0.2, 0.25) is 0 Å². The van der Waals surface area contributed by atoms with Crippen LogP contribution in [0.4, 0.5) is 13.6 Å². The van der Waals surface area contributed by atoms with Crippen molar-refractivity contribution in [3.63, 3.8) is 0 Å². The van der Waals surface area contributed by atoms with Gasteiger partial charge in [0, 0.05) is 12.1 Å². The Morgan fingerprint density at radius 2 is 1.86 bits per heavy atom. The number of alkyl halides is 1. The molecule has 2 aromatic rings. The highest BCUT2D eigenvalue weighted by molar-refractivity contribution is 6.08. The predicted octanol–water partition coefficient (Wildman–Crippen LogP) is 1.86. The quantitative estimate of drug-likeness (QED) is 0.724. The maximum absolute atomic E-state index is 13.4. The van der Waals surface area contributed by atoms with E-state index in [1.54, 1.807) is 18.2 Å². The molecule has 0 unspecified atom stereocenters. The molecule has 4 amide bonds. The van der Waals surface area contributed by atoms with Crippen LogP contribution in [0.1, 0.15) is 21.5 Å². The van der Waals surface area contributed by atoms with Gasteiger partial charge in [-0.05, 0) is 41.5 Å². The number of nitrogens with zero attached hydrogens (tertiary/aromatic N) is 1. The molecule has 0 bridgehead atoms. The van der Waals surface area contributed by atoms with Crippen molar-refractivity contribution < 1.29 is 27.9 Å². The summed E-state index contributed by atoms with van der Waals surface area (Å²) in [7, 11) is 0. The van der Waals surface area contributed by atoms with Crippen LogP contribution in [0.5, 0.6) is 5.75 Å². The van der Waals surface area contributed by atoms with Gasteiger partial charge in [-0.25, -0.2) is 13.6 Å². The lowest BCUT2D eigenvalue weighted by Gasteiger charge is -2.31. The van der Waals surface area contributed by atoms with Crippen LogP contribution >= 0.6 is 0 Å². The number of urea groups is 1. The Morgan fingerprint density at radius 3 is 2.52 bits per heavy atom. The van der Waals surface area contributed by atoms with Crippen molar-refractivity contribution in [3.05, 3.63) is 65.0 Å². The van der Waals surface area contributed by atoms with Crippen LogP contribution in [0.25, 0.3) is 0 Å². The van der Waals surface area contributed by atoms with Crippen LogP contribution in [0.3, 0.4) is 0 Å². The molecule has 1 fully saturated rings. The molecule has 0 radical (unpaired) electrons. The molecule has 2 aliphatic heterocycles. The lowest BCUT2D eigenvalue weighted by atomic mass is 9.89. The average Bonchev–Trinajstić information content (AvgIpc) is 3.16. The molecule has 0 aliphatic carbocycles. The Bertz CT molecular complexity index is 996. The van der Waals surface area contributed by atoms with E-state index >= 15 is 0 Å². The molecule has 29 heavy (non-hydrogen) atoms. The third-order valence-corrected chi connectivity index (χ3v) is 5.01. The number of halogens is 2. The van der Waals surface area contributed by atoms with E-state index in [1.807, 2.05) is 0 Å². The molecule has 0 spiro atoms. The minimum atomic E-state index is -1.53. The standard InChI is InChI=1S/C20H17F2N3O4/c21-7-8-29-15-5-6-16-12(9-15)10-25(17(16)26)11-20(18(27)23-19(28)24-20)13-1-3-14(22)4-2-13/h1-6,9H,7-8,10-11H2,(H2,23,24,27,28)/t20-/m0/s1. The van der Waals surface area contributed by atoms with E-state index in [1.165, 1.54) is 29.2 Å². The molecule has 4 rings (SSSR count). The number of hydrogen-bond donors (Lipinski definition) is 2. The third-order valence-electron chi connectivity index (χ3n) is 5.01. The monoisotopic (exact) mass is 401 g/mol. The molecule has 0 aromatic heterocycles. The summed E-state index contributed by atoms with van der Waals surface area (Å²) >= 11 is 0. The van der Waals surface area contributed by atoms with Gasteiger partial charge in [-0.2, -0.15) is 0 Å². The first-order valence-electron chi connectivity index (χ1n) is 8.93. The van der Waals surface area contributed by atoms with Crippen molar-refractivity contribution in [2.24, 2.45) is 0 Å². The number of fused-ring (bicyclic) bond motifs is 1. The van der Waals surface area contributed by atoms with E-state index in [0.717, 1.165) is 0 Å². The highest BCUT2D eigenvalue weighted by Gasteiger charge is 2.50. The fourth-order valence-corrected chi connectivity index (χ4v) is 3.65. The van der Waals surface area contributed by atoms with Gasteiger partial charge < -0.3 is 15.0 Å². The fourth-order valence-electron chi connectivity index (χ4n) is 3.65. The third kappa shape index (κ3) is 3.28. The lowest BCUT2D eigenvalue weighted by Crippen LogP contribution is -2.52.